The molecular weight excluding hydrogens is 256 g/mol. The second-order valence-corrected chi connectivity index (χ2v) is 4.90. The summed E-state index contributed by atoms with van der Waals surface area (Å²) >= 11 is 0. The highest BCUT2D eigenvalue weighted by atomic mass is 16.3. The van der Waals surface area contributed by atoms with Gasteiger partial charge in [-0.3, -0.25) is 9.89 Å². The maximum absolute atomic E-state index is 11.4. The number of nitrogens with one attached hydrogen (secondary N) is 2. The maximum Gasteiger partial charge on any atom is 0.223 e. The largest absolute Gasteiger partial charge is 0.460 e. The number of aromatic nitrogens is 2. The molecule has 0 aliphatic carbocycles. The molecule has 108 valence electrons. The van der Waals surface area contributed by atoms with E-state index < -0.39 is 0 Å². The molecule has 20 heavy (non-hydrogen) atoms. The number of carbonyl (C=O) groups is 1. The SMILES string of the molecule is Cc1ccc(-c2[nH]ncc2CNCCC(=O)N(C)C)o1. The summed E-state index contributed by atoms with van der Waals surface area (Å²) in [6, 6.07) is 3.84. The van der Waals surface area contributed by atoms with Crippen LogP contribution in [0.5, 0.6) is 0 Å². The van der Waals surface area contributed by atoms with E-state index in [1.165, 1.54) is 0 Å². The Bertz CT molecular complexity index is 571. The highest BCUT2D eigenvalue weighted by Gasteiger charge is 2.11. The normalized spacial score (nSPS) is 10.8. The van der Waals surface area contributed by atoms with Gasteiger partial charge >= 0.3 is 0 Å². The third-order valence-electron chi connectivity index (χ3n) is 3.03. The van der Waals surface area contributed by atoms with Crippen molar-refractivity contribution in [3.8, 4) is 11.5 Å². The minimum atomic E-state index is 0.117. The van der Waals surface area contributed by atoms with Crippen LogP contribution in [0.3, 0.4) is 0 Å². The first-order valence-electron chi connectivity index (χ1n) is 6.58. The minimum Gasteiger partial charge on any atom is -0.460 e. The van der Waals surface area contributed by atoms with Gasteiger partial charge in [-0.2, -0.15) is 5.10 Å². The van der Waals surface area contributed by atoms with Crippen LogP contribution in [0.2, 0.25) is 0 Å². The molecule has 2 aromatic rings. The van der Waals surface area contributed by atoms with Gasteiger partial charge in [-0.25, -0.2) is 0 Å². The van der Waals surface area contributed by atoms with Crippen molar-refractivity contribution in [2.45, 2.75) is 19.9 Å². The zero-order chi connectivity index (χ0) is 14.5. The smallest absolute Gasteiger partial charge is 0.223 e. The zero-order valence-corrected chi connectivity index (χ0v) is 12.1. The average Bonchev–Trinajstić information content (AvgIpc) is 3.02. The van der Waals surface area contributed by atoms with E-state index in [1.807, 2.05) is 19.1 Å². The van der Waals surface area contributed by atoms with E-state index in [0.717, 1.165) is 22.8 Å². The molecule has 0 aliphatic heterocycles. The van der Waals surface area contributed by atoms with Crippen LogP contribution >= 0.6 is 0 Å². The molecule has 0 aliphatic rings. The summed E-state index contributed by atoms with van der Waals surface area (Å²) in [4.78, 5) is 13.0. The number of hydrogen-bond donors (Lipinski definition) is 2. The average molecular weight is 276 g/mol. The molecule has 0 bridgehead atoms. The van der Waals surface area contributed by atoms with Crippen LogP contribution in [0.25, 0.3) is 11.5 Å². The van der Waals surface area contributed by atoms with Crippen molar-refractivity contribution in [2.24, 2.45) is 0 Å². The fourth-order valence-electron chi connectivity index (χ4n) is 1.87. The Morgan fingerprint density at radius 1 is 1.45 bits per heavy atom. The fraction of sp³-hybridized carbons (Fsp3) is 0.429. The molecule has 2 heterocycles. The Morgan fingerprint density at radius 2 is 2.25 bits per heavy atom. The second kappa shape index (κ2) is 6.38. The summed E-state index contributed by atoms with van der Waals surface area (Å²) in [6.45, 7) is 3.19. The first-order valence-corrected chi connectivity index (χ1v) is 6.58. The first kappa shape index (κ1) is 14.3. The highest BCUT2D eigenvalue weighted by molar-refractivity contribution is 5.75. The Hall–Kier alpha value is -2.08. The molecular formula is C14H20N4O2. The van der Waals surface area contributed by atoms with E-state index in [9.17, 15) is 4.79 Å². The lowest BCUT2D eigenvalue weighted by atomic mass is 10.2. The number of rotatable bonds is 6. The summed E-state index contributed by atoms with van der Waals surface area (Å²) in [5.74, 6) is 1.76. The van der Waals surface area contributed by atoms with Crippen LogP contribution < -0.4 is 5.32 Å². The van der Waals surface area contributed by atoms with Crippen LogP contribution in [-0.4, -0.2) is 41.6 Å². The summed E-state index contributed by atoms with van der Waals surface area (Å²) in [7, 11) is 3.52. The van der Waals surface area contributed by atoms with Crippen molar-refractivity contribution < 1.29 is 9.21 Å². The van der Waals surface area contributed by atoms with E-state index in [-0.39, 0.29) is 5.91 Å². The molecule has 0 fully saturated rings. The summed E-state index contributed by atoms with van der Waals surface area (Å²) in [5, 5.41) is 10.2. The molecule has 0 aromatic carbocycles. The molecule has 0 saturated heterocycles. The maximum atomic E-state index is 11.4. The van der Waals surface area contributed by atoms with Gasteiger partial charge < -0.3 is 14.6 Å². The number of nitrogens with zero attached hydrogens (tertiary/aromatic N) is 2. The van der Waals surface area contributed by atoms with Gasteiger partial charge in [0.25, 0.3) is 0 Å². The Balaban J connectivity index is 1.88. The molecule has 6 nitrogen and oxygen atoms in total. The van der Waals surface area contributed by atoms with Gasteiger partial charge in [-0.1, -0.05) is 0 Å². The molecule has 2 aromatic heterocycles. The van der Waals surface area contributed by atoms with Crippen molar-refractivity contribution >= 4 is 5.91 Å². The quantitative estimate of drug-likeness (QED) is 0.785. The number of carbonyl (C=O) groups excluding carboxylic acids is 1. The summed E-state index contributed by atoms with van der Waals surface area (Å²) < 4.78 is 5.58. The monoisotopic (exact) mass is 276 g/mol. The molecule has 0 saturated carbocycles. The predicted octanol–water partition coefficient (Wildman–Crippen LogP) is 1.55. The number of hydrogen-bond acceptors (Lipinski definition) is 4. The topological polar surface area (TPSA) is 74.2 Å². The third kappa shape index (κ3) is 3.48. The summed E-state index contributed by atoms with van der Waals surface area (Å²) in [5.41, 5.74) is 1.90. The second-order valence-electron chi connectivity index (χ2n) is 4.90. The van der Waals surface area contributed by atoms with E-state index in [4.69, 9.17) is 4.42 Å². The molecule has 2 N–H and O–H groups in total. The molecule has 6 heteroatoms. The Morgan fingerprint density at radius 3 is 2.90 bits per heavy atom. The number of aromatic amines is 1. The molecule has 2 rings (SSSR count). The number of aryl methyl sites for hydroxylation is 1. The van der Waals surface area contributed by atoms with Gasteiger partial charge in [0.1, 0.15) is 11.5 Å². The predicted molar refractivity (Wildman–Crippen MR) is 76.0 cm³/mol. The van der Waals surface area contributed by atoms with Crippen molar-refractivity contribution in [3.05, 3.63) is 29.7 Å². The molecule has 0 atom stereocenters. The van der Waals surface area contributed by atoms with Crippen LogP contribution in [0.4, 0.5) is 0 Å². The Kier molecular flexibility index (Phi) is 4.57. The Labute approximate surface area is 118 Å². The molecule has 1 amide bonds. The van der Waals surface area contributed by atoms with Gasteiger partial charge in [-0.15, -0.1) is 0 Å². The van der Waals surface area contributed by atoms with Gasteiger partial charge in [0, 0.05) is 39.2 Å². The fourth-order valence-corrected chi connectivity index (χ4v) is 1.87. The van der Waals surface area contributed by atoms with Crippen LogP contribution in [0, 0.1) is 6.92 Å². The highest BCUT2D eigenvalue weighted by Crippen LogP contribution is 2.23. The third-order valence-corrected chi connectivity index (χ3v) is 3.03. The molecule has 0 spiro atoms. The number of furan rings is 1. The van der Waals surface area contributed by atoms with Crippen LogP contribution in [0.1, 0.15) is 17.7 Å². The van der Waals surface area contributed by atoms with Crippen LogP contribution in [0.15, 0.2) is 22.7 Å². The van der Waals surface area contributed by atoms with E-state index in [0.29, 0.717) is 19.5 Å². The van der Waals surface area contributed by atoms with Crippen molar-refractivity contribution in [1.82, 2.24) is 20.4 Å². The lowest BCUT2D eigenvalue weighted by Crippen LogP contribution is -2.26. The van der Waals surface area contributed by atoms with Gasteiger partial charge in [0.2, 0.25) is 5.91 Å². The standard InChI is InChI=1S/C14H20N4O2/c1-10-4-5-12(20-10)14-11(9-16-17-14)8-15-7-6-13(19)18(2)3/h4-5,9,15H,6-8H2,1-3H3,(H,16,17). The van der Waals surface area contributed by atoms with Crippen LogP contribution in [-0.2, 0) is 11.3 Å². The number of amides is 1. The van der Waals surface area contributed by atoms with Crippen molar-refractivity contribution in [3.63, 3.8) is 0 Å². The zero-order valence-electron chi connectivity index (χ0n) is 12.1. The van der Waals surface area contributed by atoms with Gasteiger partial charge in [-0.05, 0) is 19.1 Å². The van der Waals surface area contributed by atoms with Crippen molar-refractivity contribution in [2.75, 3.05) is 20.6 Å². The molecule has 0 radical (unpaired) electrons. The van der Waals surface area contributed by atoms with E-state index in [1.54, 1.807) is 25.2 Å². The van der Waals surface area contributed by atoms with Gasteiger partial charge in [0.05, 0.1) is 6.20 Å². The first-order chi connectivity index (χ1) is 9.58. The summed E-state index contributed by atoms with van der Waals surface area (Å²) in [6.07, 6.45) is 2.26. The van der Waals surface area contributed by atoms with Crippen molar-refractivity contribution in [1.29, 1.82) is 0 Å². The lowest BCUT2D eigenvalue weighted by Gasteiger charge is -2.10. The van der Waals surface area contributed by atoms with E-state index >= 15 is 0 Å². The number of H-pyrrole nitrogens is 1. The molecule has 0 unspecified atom stereocenters. The lowest BCUT2D eigenvalue weighted by molar-refractivity contribution is -0.128. The van der Waals surface area contributed by atoms with E-state index in [2.05, 4.69) is 15.5 Å². The van der Waals surface area contributed by atoms with Gasteiger partial charge in [0.15, 0.2) is 5.76 Å². The minimum absolute atomic E-state index is 0.117.